The van der Waals surface area contributed by atoms with Crippen LogP contribution in [0.1, 0.15) is 194 Å². The van der Waals surface area contributed by atoms with Crippen LogP contribution in [0.25, 0.3) is 0 Å². The molecule has 0 radical (unpaired) electrons. The van der Waals surface area contributed by atoms with Crippen molar-refractivity contribution in [3.05, 3.63) is 12.2 Å². The third kappa shape index (κ3) is 28.7. The first-order valence-corrected chi connectivity index (χ1v) is 23.7. The monoisotopic (exact) mass is 819 g/mol. The SMILES string of the molecule is CCCCCCCCCCCCCCCCCCCC(=O)O[C@H](COC(=O)CCCCC(=O)C[C@@H]1[C@@H](/C=C/[C@@H](O)CCCCC)[C@H](O)C[C@@H]1O)COP(=O)(O)O. The average molecular weight is 819 g/mol. The number of ketones is 1. The zero-order valence-electron chi connectivity index (χ0n) is 34.9. The molecule has 0 aliphatic heterocycles. The number of hydrogen-bond donors (Lipinski definition) is 5. The van der Waals surface area contributed by atoms with E-state index in [1.54, 1.807) is 12.2 Å². The Bertz CT molecular complexity index is 1090. The minimum Gasteiger partial charge on any atom is -0.462 e. The maximum absolute atomic E-state index is 12.8. The number of carbonyl (C=O) groups excluding carboxylic acids is 3. The van der Waals surface area contributed by atoms with Crippen LogP contribution in [-0.4, -0.2) is 80.5 Å². The highest BCUT2D eigenvalue weighted by Crippen LogP contribution is 2.37. The number of aliphatic hydroxyl groups excluding tert-OH is 3. The van der Waals surface area contributed by atoms with Crippen LogP contribution in [0.2, 0.25) is 0 Å². The molecule has 6 atom stereocenters. The van der Waals surface area contributed by atoms with Crippen molar-refractivity contribution < 1.29 is 58.1 Å². The van der Waals surface area contributed by atoms with E-state index in [9.17, 15) is 34.3 Å². The smallest absolute Gasteiger partial charge is 0.462 e. The summed E-state index contributed by atoms with van der Waals surface area (Å²) in [7, 11) is -4.84. The van der Waals surface area contributed by atoms with Crippen molar-refractivity contribution in [3.63, 3.8) is 0 Å². The normalized spacial score (nSPS) is 19.7. The van der Waals surface area contributed by atoms with Crippen molar-refractivity contribution in [2.45, 2.75) is 218 Å². The highest BCUT2D eigenvalue weighted by Gasteiger charge is 2.41. The predicted octanol–water partition coefficient (Wildman–Crippen LogP) is 8.97. The van der Waals surface area contributed by atoms with Gasteiger partial charge in [-0.25, -0.2) is 4.57 Å². The van der Waals surface area contributed by atoms with Crippen LogP contribution < -0.4 is 0 Å². The molecule has 1 saturated carbocycles. The largest absolute Gasteiger partial charge is 0.469 e. The van der Waals surface area contributed by atoms with Gasteiger partial charge in [-0.2, -0.15) is 0 Å². The molecule has 13 heteroatoms. The first kappa shape index (κ1) is 52.4. The summed E-state index contributed by atoms with van der Waals surface area (Å²) < 4.78 is 26.3. The van der Waals surface area contributed by atoms with E-state index in [0.29, 0.717) is 25.7 Å². The number of hydrogen-bond acceptors (Lipinski definition) is 10. The fraction of sp³-hybridized carbons (Fsp3) is 0.884. The van der Waals surface area contributed by atoms with Crippen molar-refractivity contribution in [2.24, 2.45) is 11.8 Å². The van der Waals surface area contributed by atoms with Gasteiger partial charge in [-0.05, 0) is 25.7 Å². The van der Waals surface area contributed by atoms with Crippen LogP contribution >= 0.6 is 7.82 Å². The molecule has 0 unspecified atom stereocenters. The van der Waals surface area contributed by atoms with E-state index in [1.807, 2.05) is 0 Å². The molecule has 328 valence electrons. The minimum atomic E-state index is -4.84. The zero-order valence-corrected chi connectivity index (χ0v) is 35.8. The number of carbonyl (C=O) groups is 3. The van der Waals surface area contributed by atoms with Gasteiger partial charge in [0.25, 0.3) is 0 Å². The van der Waals surface area contributed by atoms with Gasteiger partial charge in [0.2, 0.25) is 0 Å². The summed E-state index contributed by atoms with van der Waals surface area (Å²) in [5.74, 6) is -2.15. The van der Waals surface area contributed by atoms with Gasteiger partial charge in [-0.15, -0.1) is 0 Å². The van der Waals surface area contributed by atoms with Crippen molar-refractivity contribution in [2.75, 3.05) is 13.2 Å². The second-order valence-electron chi connectivity index (χ2n) is 16.0. The molecule has 1 aliphatic carbocycles. The lowest BCUT2D eigenvalue weighted by atomic mass is 9.87. The van der Waals surface area contributed by atoms with E-state index in [0.717, 1.165) is 38.5 Å². The van der Waals surface area contributed by atoms with E-state index < -0.39 is 69.2 Å². The Morgan fingerprint density at radius 3 is 1.70 bits per heavy atom. The quantitative estimate of drug-likeness (QED) is 0.0173. The molecular weight excluding hydrogens is 739 g/mol. The number of phosphoric acid groups is 1. The lowest BCUT2D eigenvalue weighted by Gasteiger charge is -2.20. The average Bonchev–Trinajstić information content (AvgIpc) is 3.41. The number of unbranched alkanes of at least 4 members (excludes halogenated alkanes) is 19. The molecule has 0 bridgehead atoms. The van der Waals surface area contributed by atoms with E-state index in [1.165, 1.54) is 83.5 Å². The number of rotatable bonds is 37. The van der Waals surface area contributed by atoms with Crippen molar-refractivity contribution in [1.82, 2.24) is 0 Å². The van der Waals surface area contributed by atoms with Crippen LogP contribution in [0.15, 0.2) is 12.2 Å². The second kappa shape index (κ2) is 33.2. The summed E-state index contributed by atoms with van der Waals surface area (Å²) >= 11 is 0. The Morgan fingerprint density at radius 2 is 1.14 bits per heavy atom. The third-order valence-corrected chi connectivity index (χ3v) is 11.3. The Hall–Kier alpha value is -1.66. The first-order valence-electron chi connectivity index (χ1n) is 22.2. The van der Waals surface area contributed by atoms with Crippen LogP contribution in [0, 0.1) is 11.8 Å². The Labute approximate surface area is 338 Å². The molecule has 0 amide bonds. The topological polar surface area (TPSA) is 197 Å². The number of Topliss-reactive ketones (excluding diaryl/α,β-unsaturated/α-hetero) is 1. The van der Waals surface area contributed by atoms with Crippen LogP contribution in [0.5, 0.6) is 0 Å². The van der Waals surface area contributed by atoms with Crippen molar-refractivity contribution in [1.29, 1.82) is 0 Å². The van der Waals surface area contributed by atoms with Gasteiger partial charge in [0, 0.05) is 43.9 Å². The fourth-order valence-corrected chi connectivity index (χ4v) is 7.73. The molecule has 1 rings (SSSR count). The lowest BCUT2D eigenvalue weighted by molar-refractivity contribution is -0.161. The lowest BCUT2D eigenvalue weighted by Crippen LogP contribution is -2.29. The maximum Gasteiger partial charge on any atom is 0.469 e. The molecule has 0 saturated heterocycles. The molecular formula is C43H79O12P. The van der Waals surface area contributed by atoms with E-state index >= 15 is 0 Å². The van der Waals surface area contributed by atoms with Gasteiger partial charge in [0.05, 0.1) is 24.9 Å². The Balaban J connectivity index is 2.27. The summed E-state index contributed by atoms with van der Waals surface area (Å²) in [5, 5.41) is 31.2. The van der Waals surface area contributed by atoms with Crippen LogP contribution in [-0.2, 0) is 32.9 Å². The van der Waals surface area contributed by atoms with E-state index in [2.05, 4.69) is 18.4 Å². The van der Waals surface area contributed by atoms with Crippen LogP contribution in [0.4, 0.5) is 0 Å². The Morgan fingerprint density at radius 1 is 0.661 bits per heavy atom. The van der Waals surface area contributed by atoms with Crippen LogP contribution in [0.3, 0.4) is 0 Å². The molecule has 5 N–H and O–H groups in total. The predicted molar refractivity (Wildman–Crippen MR) is 219 cm³/mol. The van der Waals surface area contributed by atoms with E-state index in [-0.39, 0.29) is 37.9 Å². The second-order valence-corrected chi connectivity index (χ2v) is 17.2. The van der Waals surface area contributed by atoms with Gasteiger partial charge in [-0.3, -0.25) is 18.9 Å². The number of aliphatic hydroxyl groups is 3. The van der Waals surface area contributed by atoms with Gasteiger partial charge in [0.15, 0.2) is 6.10 Å². The molecule has 1 aliphatic rings. The number of phosphoric ester groups is 1. The summed E-state index contributed by atoms with van der Waals surface area (Å²) in [6, 6.07) is 0. The van der Waals surface area contributed by atoms with E-state index in [4.69, 9.17) is 19.3 Å². The third-order valence-electron chi connectivity index (χ3n) is 10.8. The van der Waals surface area contributed by atoms with Gasteiger partial charge < -0.3 is 34.6 Å². The zero-order chi connectivity index (χ0) is 41.4. The molecule has 1 fully saturated rings. The molecule has 56 heavy (non-hydrogen) atoms. The van der Waals surface area contributed by atoms with Crippen molar-refractivity contribution in [3.8, 4) is 0 Å². The first-order chi connectivity index (χ1) is 26.9. The standard InChI is InChI=1S/C43H79O12P/c1-3-5-7-8-9-10-11-12-13-14-15-16-17-18-19-20-22-28-43(49)55-37(34-54-56(50,51)52)33-53-42(48)27-24-23-26-36(45)31-39-38(40(46)32-41(39)47)30-29-35(44)25-21-6-4-2/h29-30,35,37-41,44,46-47H,3-28,31-34H2,1-2H3,(H2,50,51,52)/b30-29+/t35-,37+,38+,39+,40+,41-/m0/s1. The van der Waals surface area contributed by atoms with Gasteiger partial charge in [-0.1, -0.05) is 148 Å². The highest BCUT2D eigenvalue weighted by molar-refractivity contribution is 7.46. The summed E-state index contributed by atoms with van der Waals surface area (Å²) in [4.78, 5) is 55.9. The maximum atomic E-state index is 12.8. The molecule has 0 heterocycles. The molecule has 0 aromatic heterocycles. The van der Waals surface area contributed by atoms with Gasteiger partial charge >= 0.3 is 19.8 Å². The fourth-order valence-electron chi connectivity index (χ4n) is 7.37. The molecule has 0 spiro atoms. The summed E-state index contributed by atoms with van der Waals surface area (Å²) in [6.45, 7) is 3.28. The number of ether oxygens (including phenoxy) is 2. The summed E-state index contributed by atoms with van der Waals surface area (Å²) in [6.07, 6.45) is 25.6. The highest BCUT2D eigenvalue weighted by atomic mass is 31.2. The molecule has 0 aromatic rings. The molecule has 12 nitrogen and oxygen atoms in total. The molecule has 0 aromatic carbocycles. The minimum absolute atomic E-state index is 0.0153. The van der Waals surface area contributed by atoms with Gasteiger partial charge in [0.1, 0.15) is 12.4 Å². The summed E-state index contributed by atoms with van der Waals surface area (Å²) in [5.41, 5.74) is 0. The van der Waals surface area contributed by atoms with Crippen molar-refractivity contribution >= 4 is 25.5 Å². The number of esters is 2. The Kier molecular flexibility index (Phi) is 31.0.